The molecule has 2 heterocycles. The van der Waals surface area contributed by atoms with Gasteiger partial charge in [0.05, 0.1) is 6.10 Å². The van der Waals surface area contributed by atoms with Crippen LogP contribution in [0.3, 0.4) is 0 Å². The fraction of sp³-hybridized carbons (Fsp3) is 1.00. The number of piperidine rings is 1. The second kappa shape index (κ2) is 7.78. The molecule has 0 radical (unpaired) electrons. The molecule has 2 aliphatic rings. The number of aliphatic hydroxyl groups is 1. The van der Waals surface area contributed by atoms with E-state index in [0.717, 1.165) is 12.8 Å². The van der Waals surface area contributed by atoms with E-state index in [4.69, 9.17) is 0 Å². The minimum atomic E-state index is -3.37. The fourth-order valence-corrected chi connectivity index (χ4v) is 5.88. The summed E-state index contributed by atoms with van der Waals surface area (Å²) in [5.74, 6) is 0.846. The molecule has 136 valence electrons. The average Bonchev–Trinajstić information content (AvgIpc) is 2.45. The number of piperazine rings is 1. The molecule has 0 unspecified atom stereocenters. The van der Waals surface area contributed by atoms with Gasteiger partial charge < -0.3 is 5.11 Å². The molecule has 0 bridgehead atoms. The molecule has 0 aromatic heterocycles. The van der Waals surface area contributed by atoms with Gasteiger partial charge in [0.1, 0.15) is 0 Å². The predicted octanol–water partition coefficient (Wildman–Crippen LogP) is 0.986. The summed E-state index contributed by atoms with van der Waals surface area (Å²) in [5.41, 5.74) is 0. The lowest BCUT2D eigenvalue weighted by Crippen LogP contribution is -2.59. The molecule has 0 aromatic rings. The van der Waals surface area contributed by atoms with Gasteiger partial charge in [0, 0.05) is 45.3 Å². The average molecular weight is 348 g/mol. The molecule has 6 nitrogen and oxygen atoms in total. The number of rotatable bonds is 5. The van der Waals surface area contributed by atoms with Crippen molar-refractivity contribution in [1.29, 1.82) is 0 Å². The van der Waals surface area contributed by atoms with Crippen molar-refractivity contribution in [3.05, 3.63) is 0 Å². The summed E-state index contributed by atoms with van der Waals surface area (Å²) >= 11 is 0. The minimum Gasteiger partial charge on any atom is -0.392 e. The lowest BCUT2D eigenvalue weighted by atomic mass is 9.94. The third-order valence-corrected chi connectivity index (χ3v) is 6.96. The van der Waals surface area contributed by atoms with Gasteiger partial charge in [0.15, 0.2) is 0 Å². The van der Waals surface area contributed by atoms with E-state index in [0.29, 0.717) is 51.1 Å². The van der Waals surface area contributed by atoms with Crippen LogP contribution in [0, 0.1) is 11.8 Å². The molecule has 0 amide bonds. The molecule has 1 N–H and O–H groups in total. The van der Waals surface area contributed by atoms with Crippen molar-refractivity contribution < 1.29 is 13.5 Å². The van der Waals surface area contributed by atoms with Crippen molar-refractivity contribution >= 4 is 10.2 Å². The molecule has 2 fully saturated rings. The summed E-state index contributed by atoms with van der Waals surface area (Å²) in [6, 6.07) is 0.188. The molecular weight excluding hydrogens is 314 g/mol. The normalized spacial score (nSPS) is 33.7. The number of β-amino-alcohol motifs (C(OH)–C–C–N with tert-alkyl or cyclic N) is 1. The van der Waals surface area contributed by atoms with Crippen LogP contribution in [-0.2, 0) is 10.2 Å². The molecule has 2 rings (SSSR count). The molecule has 23 heavy (non-hydrogen) atoms. The highest BCUT2D eigenvalue weighted by Crippen LogP contribution is 2.26. The molecule has 4 atom stereocenters. The Morgan fingerprint density at radius 2 is 1.70 bits per heavy atom. The monoisotopic (exact) mass is 347 g/mol. The SMILES string of the molecule is CC[C@@H]1CN(S(=O)(=O)N2C[C@H](C)C[C@H](C)C2)CCN1C[C@@H](C)O. The zero-order valence-electron chi connectivity index (χ0n) is 15.0. The van der Waals surface area contributed by atoms with Crippen molar-refractivity contribution in [3.8, 4) is 0 Å². The molecule has 0 saturated carbocycles. The van der Waals surface area contributed by atoms with Gasteiger partial charge in [-0.25, -0.2) is 0 Å². The molecule has 0 aromatic carbocycles. The summed E-state index contributed by atoms with van der Waals surface area (Å²) in [6.07, 6.45) is 1.62. The first-order valence-electron chi connectivity index (χ1n) is 8.91. The third kappa shape index (κ3) is 4.66. The Morgan fingerprint density at radius 3 is 2.22 bits per heavy atom. The third-order valence-electron chi connectivity index (χ3n) is 5.03. The maximum Gasteiger partial charge on any atom is 0.282 e. The van der Waals surface area contributed by atoms with E-state index in [-0.39, 0.29) is 12.1 Å². The Hall–Kier alpha value is -0.210. The van der Waals surface area contributed by atoms with Crippen molar-refractivity contribution in [3.63, 3.8) is 0 Å². The second-order valence-corrected chi connectivity index (χ2v) is 9.46. The quantitative estimate of drug-likeness (QED) is 0.805. The Labute approximate surface area is 141 Å². The van der Waals surface area contributed by atoms with E-state index in [2.05, 4.69) is 25.7 Å². The van der Waals surface area contributed by atoms with Crippen LogP contribution in [0.25, 0.3) is 0 Å². The zero-order chi connectivity index (χ0) is 17.2. The molecule has 2 aliphatic heterocycles. The standard InChI is InChI=1S/C16H33N3O3S/c1-5-16-12-18(7-6-17(16)11-15(4)20)23(21,22)19-9-13(2)8-14(3)10-19/h13-16,20H,5-12H2,1-4H3/t13-,14+,15-,16-/m1/s1. The van der Waals surface area contributed by atoms with Crippen LogP contribution in [0.4, 0.5) is 0 Å². The number of aliphatic hydroxyl groups excluding tert-OH is 1. The van der Waals surface area contributed by atoms with Crippen LogP contribution in [0.1, 0.15) is 40.5 Å². The summed E-state index contributed by atoms with van der Waals surface area (Å²) in [6.45, 7) is 11.8. The van der Waals surface area contributed by atoms with Crippen molar-refractivity contribution in [1.82, 2.24) is 13.5 Å². The lowest BCUT2D eigenvalue weighted by Gasteiger charge is -2.44. The van der Waals surface area contributed by atoms with Crippen LogP contribution in [0.2, 0.25) is 0 Å². The zero-order valence-corrected chi connectivity index (χ0v) is 15.8. The van der Waals surface area contributed by atoms with E-state index in [9.17, 15) is 13.5 Å². The van der Waals surface area contributed by atoms with E-state index in [1.807, 2.05) is 0 Å². The van der Waals surface area contributed by atoms with Crippen LogP contribution >= 0.6 is 0 Å². The van der Waals surface area contributed by atoms with Gasteiger partial charge >= 0.3 is 0 Å². The highest BCUT2D eigenvalue weighted by atomic mass is 32.2. The minimum absolute atomic E-state index is 0.188. The summed E-state index contributed by atoms with van der Waals surface area (Å²) in [7, 11) is -3.37. The molecule has 7 heteroatoms. The van der Waals surface area contributed by atoms with Crippen molar-refractivity contribution in [2.75, 3.05) is 39.3 Å². The molecule has 0 aliphatic carbocycles. The first kappa shape index (κ1) is 19.1. The van der Waals surface area contributed by atoms with Crippen LogP contribution in [0.5, 0.6) is 0 Å². The Bertz CT molecular complexity index is 473. The van der Waals surface area contributed by atoms with Gasteiger partial charge in [0.2, 0.25) is 0 Å². The summed E-state index contributed by atoms with van der Waals surface area (Å²) in [5, 5.41) is 9.62. The Morgan fingerprint density at radius 1 is 1.09 bits per heavy atom. The van der Waals surface area contributed by atoms with Crippen molar-refractivity contribution in [2.24, 2.45) is 11.8 Å². The largest absolute Gasteiger partial charge is 0.392 e. The number of hydrogen-bond donors (Lipinski definition) is 1. The summed E-state index contributed by atoms with van der Waals surface area (Å²) < 4.78 is 29.4. The highest BCUT2D eigenvalue weighted by molar-refractivity contribution is 7.86. The smallest absolute Gasteiger partial charge is 0.282 e. The highest BCUT2D eigenvalue weighted by Gasteiger charge is 2.38. The van der Waals surface area contributed by atoms with Gasteiger partial charge in [-0.1, -0.05) is 20.8 Å². The van der Waals surface area contributed by atoms with Gasteiger partial charge in [-0.2, -0.15) is 17.0 Å². The fourth-order valence-electron chi connectivity index (χ4n) is 4.00. The number of hydrogen-bond acceptors (Lipinski definition) is 4. The Balaban J connectivity index is 2.06. The first-order chi connectivity index (χ1) is 10.7. The maximum atomic E-state index is 13.0. The molecule has 2 saturated heterocycles. The van der Waals surface area contributed by atoms with Gasteiger partial charge in [0.25, 0.3) is 10.2 Å². The summed E-state index contributed by atoms with van der Waals surface area (Å²) in [4.78, 5) is 2.22. The maximum absolute atomic E-state index is 13.0. The topological polar surface area (TPSA) is 64.1 Å². The predicted molar refractivity (Wildman–Crippen MR) is 92.3 cm³/mol. The lowest BCUT2D eigenvalue weighted by molar-refractivity contribution is 0.0586. The van der Waals surface area contributed by atoms with Gasteiger partial charge in [-0.15, -0.1) is 0 Å². The van der Waals surface area contributed by atoms with Gasteiger partial charge in [-0.05, 0) is 31.6 Å². The van der Waals surface area contributed by atoms with Crippen LogP contribution in [-0.4, -0.2) is 78.4 Å². The van der Waals surface area contributed by atoms with E-state index >= 15 is 0 Å². The second-order valence-electron chi connectivity index (χ2n) is 7.53. The van der Waals surface area contributed by atoms with E-state index < -0.39 is 10.2 Å². The van der Waals surface area contributed by atoms with E-state index in [1.54, 1.807) is 15.5 Å². The van der Waals surface area contributed by atoms with Crippen LogP contribution in [0.15, 0.2) is 0 Å². The van der Waals surface area contributed by atoms with E-state index in [1.165, 1.54) is 0 Å². The van der Waals surface area contributed by atoms with Gasteiger partial charge in [-0.3, -0.25) is 4.90 Å². The first-order valence-corrected chi connectivity index (χ1v) is 10.3. The van der Waals surface area contributed by atoms with Crippen molar-refractivity contribution in [2.45, 2.75) is 52.7 Å². The van der Waals surface area contributed by atoms with Crippen LogP contribution < -0.4 is 0 Å². The molecule has 0 spiro atoms. The molecular formula is C16H33N3O3S. The number of nitrogens with zero attached hydrogens (tertiary/aromatic N) is 3. The Kier molecular flexibility index (Phi) is 6.47.